The number of carbonyl (C=O) groups excluding carboxylic acids is 3. The third kappa shape index (κ3) is 47.9. The molecular formula is C56H108O6. The van der Waals surface area contributed by atoms with Gasteiger partial charge in [0.2, 0.25) is 0 Å². The quantitative estimate of drug-likeness (QED) is 0.0344. The zero-order valence-corrected chi connectivity index (χ0v) is 42.5. The molecule has 0 spiro atoms. The van der Waals surface area contributed by atoms with E-state index in [2.05, 4.69) is 34.6 Å². The van der Waals surface area contributed by atoms with Gasteiger partial charge < -0.3 is 14.2 Å². The molecule has 0 aromatic heterocycles. The van der Waals surface area contributed by atoms with Crippen molar-refractivity contribution in [3.05, 3.63) is 0 Å². The fourth-order valence-electron chi connectivity index (χ4n) is 8.49. The summed E-state index contributed by atoms with van der Waals surface area (Å²) in [7, 11) is 0. The summed E-state index contributed by atoms with van der Waals surface area (Å²) in [6.45, 7) is 11.4. The summed E-state index contributed by atoms with van der Waals surface area (Å²) in [5.74, 6) is 0.890. The first-order valence-corrected chi connectivity index (χ1v) is 27.8. The van der Waals surface area contributed by atoms with E-state index in [9.17, 15) is 14.4 Å². The van der Waals surface area contributed by atoms with Crippen LogP contribution in [0.25, 0.3) is 0 Å². The number of ether oxygens (including phenoxy) is 3. The summed E-state index contributed by atoms with van der Waals surface area (Å²) in [6.07, 6.45) is 50.8. The van der Waals surface area contributed by atoms with E-state index in [-0.39, 0.29) is 31.1 Å². The van der Waals surface area contributed by atoms with Crippen molar-refractivity contribution in [1.82, 2.24) is 0 Å². The smallest absolute Gasteiger partial charge is 0.306 e. The van der Waals surface area contributed by atoms with Crippen molar-refractivity contribution in [2.45, 2.75) is 317 Å². The first-order chi connectivity index (χ1) is 30.3. The van der Waals surface area contributed by atoms with E-state index in [4.69, 9.17) is 14.2 Å². The monoisotopic (exact) mass is 877 g/mol. The molecule has 0 bridgehead atoms. The molecule has 6 nitrogen and oxygen atoms in total. The van der Waals surface area contributed by atoms with E-state index in [1.165, 1.54) is 199 Å². The van der Waals surface area contributed by atoms with Crippen molar-refractivity contribution in [3.8, 4) is 0 Å². The Morgan fingerprint density at radius 3 is 0.919 bits per heavy atom. The first kappa shape index (κ1) is 60.4. The van der Waals surface area contributed by atoms with Gasteiger partial charge in [0.05, 0.1) is 0 Å². The minimum Gasteiger partial charge on any atom is -0.462 e. The lowest BCUT2D eigenvalue weighted by Gasteiger charge is -2.18. The van der Waals surface area contributed by atoms with Crippen molar-refractivity contribution in [2.24, 2.45) is 11.8 Å². The van der Waals surface area contributed by atoms with E-state index in [1.807, 2.05) is 0 Å². The number of esters is 3. The van der Waals surface area contributed by atoms with Crippen molar-refractivity contribution < 1.29 is 28.6 Å². The lowest BCUT2D eigenvalue weighted by molar-refractivity contribution is -0.167. The van der Waals surface area contributed by atoms with Crippen LogP contribution in [0.1, 0.15) is 311 Å². The Morgan fingerprint density at radius 2 is 0.613 bits per heavy atom. The molecule has 0 saturated heterocycles. The van der Waals surface area contributed by atoms with Gasteiger partial charge >= 0.3 is 17.9 Å². The van der Waals surface area contributed by atoms with Crippen LogP contribution >= 0.6 is 0 Å². The van der Waals surface area contributed by atoms with E-state index < -0.39 is 6.10 Å². The molecule has 0 aliphatic rings. The fraction of sp³-hybridized carbons (Fsp3) is 0.946. The van der Waals surface area contributed by atoms with Crippen LogP contribution in [0.5, 0.6) is 0 Å². The predicted octanol–water partition coefficient (Wildman–Crippen LogP) is 18.1. The Balaban J connectivity index is 4.26. The summed E-state index contributed by atoms with van der Waals surface area (Å²) in [4.78, 5) is 38.0. The number of hydrogen-bond acceptors (Lipinski definition) is 6. The average Bonchev–Trinajstić information content (AvgIpc) is 3.26. The Bertz CT molecular complexity index is 949. The van der Waals surface area contributed by atoms with Crippen molar-refractivity contribution >= 4 is 17.9 Å². The van der Waals surface area contributed by atoms with Gasteiger partial charge in [-0.15, -0.1) is 0 Å². The molecule has 0 aromatic rings. The van der Waals surface area contributed by atoms with Crippen LogP contribution in [0.2, 0.25) is 0 Å². The van der Waals surface area contributed by atoms with E-state index in [0.717, 1.165) is 69.6 Å². The molecule has 0 aliphatic heterocycles. The highest BCUT2D eigenvalue weighted by Gasteiger charge is 2.19. The Kier molecular flexibility index (Phi) is 47.6. The Hall–Kier alpha value is -1.59. The fourth-order valence-corrected chi connectivity index (χ4v) is 8.49. The average molecular weight is 877 g/mol. The van der Waals surface area contributed by atoms with Gasteiger partial charge in [-0.25, -0.2) is 0 Å². The Morgan fingerprint density at radius 1 is 0.339 bits per heavy atom. The molecule has 0 heterocycles. The summed E-state index contributed by atoms with van der Waals surface area (Å²) in [6, 6.07) is 0. The zero-order valence-electron chi connectivity index (χ0n) is 42.5. The molecule has 0 rings (SSSR count). The van der Waals surface area contributed by atoms with Crippen LogP contribution in [-0.2, 0) is 28.6 Å². The van der Waals surface area contributed by atoms with Crippen molar-refractivity contribution in [2.75, 3.05) is 13.2 Å². The molecule has 6 heteroatoms. The topological polar surface area (TPSA) is 78.9 Å². The molecule has 0 N–H and O–H groups in total. The van der Waals surface area contributed by atoms with E-state index in [1.54, 1.807) is 0 Å². The van der Waals surface area contributed by atoms with Crippen molar-refractivity contribution in [3.63, 3.8) is 0 Å². The summed E-state index contributed by atoms with van der Waals surface area (Å²) >= 11 is 0. The summed E-state index contributed by atoms with van der Waals surface area (Å²) in [5.41, 5.74) is 0. The molecule has 0 fully saturated rings. The normalized spacial score (nSPS) is 12.5. The number of carbonyl (C=O) groups is 3. The molecule has 2 atom stereocenters. The van der Waals surface area contributed by atoms with Gasteiger partial charge in [0, 0.05) is 19.3 Å². The van der Waals surface area contributed by atoms with Gasteiger partial charge in [0.1, 0.15) is 13.2 Å². The van der Waals surface area contributed by atoms with Crippen LogP contribution in [0.4, 0.5) is 0 Å². The van der Waals surface area contributed by atoms with Crippen LogP contribution in [0.3, 0.4) is 0 Å². The van der Waals surface area contributed by atoms with Gasteiger partial charge in [-0.1, -0.05) is 272 Å². The maximum absolute atomic E-state index is 12.8. The summed E-state index contributed by atoms with van der Waals surface area (Å²) in [5, 5.41) is 0. The Labute approximate surface area is 387 Å². The number of hydrogen-bond donors (Lipinski definition) is 0. The van der Waals surface area contributed by atoms with Crippen molar-refractivity contribution in [1.29, 1.82) is 0 Å². The van der Waals surface area contributed by atoms with Gasteiger partial charge in [-0.2, -0.15) is 0 Å². The van der Waals surface area contributed by atoms with Crippen LogP contribution in [0, 0.1) is 11.8 Å². The maximum atomic E-state index is 12.8. The second-order valence-electron chi connectivity index (χ2n) is 19.9. The molecule has 1 unspecified atom stereocenters. The first-order valence-electron chi connectivity index (χ1n) is 27.8. The standard InChI is InChI=1S/C56H108O6/c1-6-8-9-10-11-12-26-31-36-41-46-54(57)60-49-53(50-61-55(58)47-42-37-32-27-22-19-15-16-20-24-29-34-39-44-51(3)4)62-56(59)48-43-38-33-28-23-18-14-13-17-21-25-30-35-40-45-52(5)7-2/h51-53H,6-50H2,1-5H3/t52?,53-/m0/s1. The highest BCUT2D eigenvalue weighted by atomic mass is 16.6. The lowest BCUT2D eigenvalue weighted by atomic mass is 9.99. The number of rotatable bonds is 50. The van der Waals surface area contributed by atoms with Gasteiger partial charge in [0.25, 0.3) is 0 Å². The minimum absolute atomic E-state index is 0.0631. The molecular weight excluding hydrogens is 769 g/mol. The molecule has 368 valence electrons. The SMILES string of the molecule is CCCCCCCCCCCCC(=O)OC[C@@H](COC(=O)CCCCCCCCCCCCCCCC(C)C)OC(=O)CCCCCCCCCCCCCCCCC(C)CC. The van der Waals surface area contributed by atoms with E-state index in [0.29, 0.717) is 19.3 Å². The van der Waals surface area contributed by atoms with E-state index >= 15 is 0 Å². The maximum Gasteiger partial charge on any atom is 0.306 e. The number of unbranched alkanes of at least 4 members (excludes halogenated alkanes) is 34. The minimum atomic E-state index is -0.761. The molecule has 0 aliphatic carbocycles. The largest absolute Gasteiger partial charge is 0.462 e. The molecule has 0 radical (unpaired) electrons. The van der Waals surface area contributed by atoms with Crippen LogP contribution in [0.15, 0.2) is 0 Å². The third-order valence-electron chi connectivity index (χ3n) is 13.1. The highest BCUT2D eigenvalue weighted by Crippen LogP contribution is 2.18. The highest BCUT2D eigenvalue weighted by molar-refractivity contribution is 5.71. The molecule has 0 aromatic carbocycles. The van der Waals surface area contributed by atoms with Crippen LogP contribution in [-0.4, -0.2) is 37.2 Å². The molecule has 0 amide bonds. The van der Waals surface area contributed by atoms with Crippen LogP contribution < -0.4 is 0 Å². The van der Waals surface area contributed by atoms with Gasteiger partial charge in [-0.3, -0.25) is 14.4 Å². The third-order valence-corrected chi connectivity index (χ3v) is 13.1. The predicted molar refractivity (Wildman–Crippen MR) is 266 cm³/mol. The second-order valence-corrected chi connectivity index (χ2v) is 19.9. The van der Waals surface area contributed by atoms with Gasteiger partial charge in [0.15, 0.2) is 6.10 Å². The molecule has 0 saturated carbocycles. The zero-order chi connectivity index (χ0) is 45.4. The van der Waals surface area contributed by atoms with Gasteiger partial charge in [-0.05, 0) is 31.1 Å². The lowest BCUT2D eigenvalue weighted by Crippen LogP contribution is -2.30. The molecule has 62 heavy (non-hydrogen) atoms. The second kappa shape index (κ2) is 48.9. The summed E-state index contributed by atoms with van der Waals surface area (Å²) < 4.78 is 16.8.